The Morgan fingerprint density at radius 2 is 1.41 bits per heavy atom. The molecular formula is C28H56N4O4S. The predicted octanol–water partition coefficient (Wildman–Crippen LogP) is 4.27. The van der Waals surface area contributed by atoms with Crippen molar-refractivity contribution < 1.29 is 19.2 Å². The van der Waals surface area contributed by atoms with Crippen molar-refractivity contribution in [3.8, 4) is 0 Å². The number of nitrogens with one attached hydrogen (secondary N) is 2. The monoisotopic (exact) mass is 544 g/mol. The smallest absolute Gasteiger partial charge is 0.236 e. The highest BCUT2D eigenvalue weighted by Crippen LogP contribution is 2.10. The minimum atomic E-state index is -0.405. The van der Waals surface area contributed by atoms with E-state index in [4.69, 9.17) is 11.5 Å². The van der Waals surface area contributed by atoms with E-state index in [1.54, 1.807) is 0 Å². The Kier molecular flexibility index (Phi) is 26.7. The molecule has 0 rings (SSSR count). The topological polar surface area (TPSA) is 144 Å². The van der Waals surface area contributed by atoms with E-state index in [0.717, 1.165) is 63.7 Å². The fraction of sp³-hybridized carbons (Fsp3) is 0.857. The van der Waals surface area contributed by atoms with Crippen molar-refractivity contribution in [1.82, 2.24) is 10.6 Å². The van der Waals surface area contributed by atoms with Crippen molar-refractivity contribution in [3.63, 3.8) is 0 Å². The lowest BCUT2D eigenvalue weighted by Gasteiger charge is -2.15. The van der Waals surface area contributed by atoms with Crippen molar-refractivity contribution in [3.05, 3.63) is 0 Å². The molecule has 0 aliphatic rings. The number of Topliss-reactive ketones (excluding diaryl/α,β-unsaturated/α-hetero) is 2. The number of hydrogen-bond acceptors (Lipinski definition) is 7. The zero-order chi connectivity index (χ0) is 28.5. The summed E-state index contributed by atoms with van der Waals surface area (Å²) < 4.78 is 0. The number of carbonyl (C=O) groups excluding carboxylic acids is 4. The number of amides is 2. The molecule has 3 unspecified atom stereocenters. The van der Waals surface area contributed by atoms with E-state index < -0.39 is 6.04 Å². The fourth-order valence-corrected chi connectivity index (χ4v) is 4.06. The van der Waals surface area contributed by atoms with E-state index in [9.17, 15) is 19.2 Å². The highest BCUT2D eigenvalue weighted by atomic mass is 32.2. The molecule has 8 nitrogen and oxygen atoms in total. The van der Waals surface area contributed by atoms with Gasteiger partial charge in [0.1, 0.15) is 5.78 Å². The molecule has 0 aromatic rings. The number of unbranched alkanes of at least 4 members (excludes halogenated alkanes) is 5. The highest BCUT2D eigenvalue weighted by molar-refractivity contribution is 7.99. The summed E-state index contributed by atoms with van der Waals surface area (Å²) in [6, 6.07) is -1.04. The van der Waals surface area contributed by atoms with Gasteiger partial charge in [0.05, 0.1) is 23.9 Å². The maximum atomic E-state index is 11.7. The van der Waals surface area contributed by atoms with Crippen LogP contribution in [-0.2, 0) is 19.2 Å². The van der Waals surface area contributed by atoms with Crippen LogP contribution in [-0.4, -0.2) is 59.6 Å². The van der Waals surface area contributed by atoms with E-state index in [2.05, 4.69) is 17.6 Å². The summed E-state index contributed by atoms with van der Waals surface area (Å²) in [6.07, 6.45) is 11.8. The second-order valence-electron chi connectivity index (χ2n) is 9.58. The number of hydrogen-bond donors (Lipinski definition) is 4. The van der Waals surface area contributed by atoms with Crippen molar-refractivity contribution in [2.24, 2.45) is 11.5 Å². The van der Waals surface area contributed by atoms with Gasteiger partial charge in [-0.15, -0.1) is 0 Å². The van der Waals surface area contributed by atoms with E-state index in [-0.39, 0.29) is 35.5 Å². The molecule has 0 radical (unpaired) electrons. The first-order valence-electron chi connectivity index (χ1n) is 14.3. The van der Waals surface area contributed by atoms with Gasteiger partial charge in [-0.1, -0.05) is 72.6 Å². The Morgan fingerprint density at radius 3 is 1.97 bits per heavy atom. The lowest BCUT2D eigenvalue weighted by molar-refractivity contribution is -0.125. The van der Waals surface area contributed by atoms with Crippen LogP contribution in [0.3, 0.4) is 0 Å². The molecule has 218 valence electrons. The van der Waals surface area contributed by atoms with Gasteiger partial charge >= 0.3 is 0 Å². The van der Waals surface area contributed by atoms with Gasteiger partial charge in [-0.25, -0.2) is 0 Å². The minimum Gasteiger partial charge on any atom is -0.355 e. The third-order valence-electron chi connectivity index (χ3n) is 5.95. The summed E-state index contributed by atoms with van der Waals surface area (Å²) in [4.78, 5) is 46.4. The largest absolute Gasteiger partial charge is 0.355 e. The van der Waals surface area contributed by atoms with Crippen LogP contribution in [0.2, 0.25) is 0 Å². The molecular weight excluding hydrogens is 488 g/mol. The third-order valence-corrected chi connectivity index (χ3v) is 6.82. The molecule has 0 aromatic heterocycles. The molecule has 6 N–H and O–H groups in total. The van der Waals surface area contributed by atoms with Gasteiger partial charge in [0, 0.05) is 13.0 Å². The van der Waals surface area contributed by atoms with E-state index >= 15 is 0 Å². The zero-order valence-electron chi connectivity index (χ0n) is 24.2. The Balaban J connectivity index is 0. The second kappa shape index (κ2) is 26.2. The van der Waals surface area contributed by atoms with Gasteiger partial charge < -0.3 is 22.1 Å². The van der Waals surface area contributed by atoms with Gasteiger partial charge in [0.15, 0.2) is 5.78 Å². The van der Waals surface area contributed by atoms with Gasteiger partial charge in [0.2, 0.25) is 11.8 Å². The number of nitrogens with two attached hydrogens (primary N) is 2. The summed E-state index contributed by atoms with van der Waals surface area (Å²) in [5, 5.41) is 5.60. The Hall–Kier alpha value is -1.45. The number of ketones is 2. The van der Waals surface area contributed by atoms with Crippen LogP contribution in [0.25, 0.3) is 0 Å². The first-order chi connectivity index (χ1) is 17.6. The van der Waals surface area contributed by atoms with Gasteiger partial charge in [-0.3, -0.25) is 19.2 Å². The molecule has 0 aliphatic heterocycles. The Morgan fingerprint density at radius 1 is 0.757 bits per heavy atom. The Labute approximate surface area is 230 Å². The van der Waals surface area contributed by atoms with Crippen LogP contribution >= 0.6 is 11.8 Å². The number of thioether (sulfide) groups is 1. The van der Waals surface area contributed by atoms with Gasteiger partial charge in [0.25, 0.3) is 0 Å². The van der Waals surface area contributed by atoms with Crippen LogP contribution in [0.1, 0.15) is 118 Å². The molecule has 0 saturated heterocycles. The highest BCUT2D eigenvalue weighted by Gasteiger charge is 2.17. The van der Waals surface area contributed by atoms with Crippen molar-refractivity contribution in [2.45, 2.75) is 136 Å². The molecule has 0 aromatic carbocycles. The van der Waals surface area contributed by atoms with Crippen LogP contribution in [0.15, 0.2) is 0 Å². The van der Waals surface area contributed by atoms with Gasteiger partial charge in [-0.05, 0) is 44.8 Å². The second-order valence-corrected chi connectivity index (χ2v) is 10.8. The maximum Gasteiger partial charge on any atom is 0.236 e. The first-order valence-corrected chi connectivity index (χ1v) is 15.5. The standard InChI is InChI=1S/C17H32N2O3S.C11H24N2O/c1-4-9-14(18)16(21)11-8-6-7-10-15(13(3)20)19-17(22)12-23-5-2;1-3-5-6-7-8-10(12)11(14)13-9-4-2/h14-15H,4-12,18H2,1-3H3,(H,19,22);10H,3-9,12H2,1-2H3,(H,13,14). The molecule has 0 spiro atoms. The normalized spacial score (nSPS) is 13.1. The average molecular weight is 545 g/mol. The molecule has 0 aliphatic carbocycles. The molecule has 0 bridgehead atoms. The van der Waals surface area contributed by atoms with Crippen molar-refractivity contribution >= 4 is 35.1 Å². The third kappa shape index (κ3) is 23.4. The molecule has 2 amide bonds. The average Bonchev–Trinajstić information content (AvgIpc) is 2.87. The van der Waals surface area contributed by atoms with Crippen LogP contribution < -0.4 is 22.1 Å². The molecule has 3 atom stereocenters. The van der Waals surface area contributed by atoms with Crippen LogP contribution in [0.4, 0.5) is 0 Å². The van der Waals surface area contributed by atoms with Crippen LogP contribution in [0.5, 0.6) is 0 Å². The first kappa shape index (κ1) is 37.7. The SMILES string of the molecule is CCCC(N)C(=O)CCCCCC(NC(=O)CSCC)C(C)=O.CCCCCCC(N)C(=O)NCCC. The molecule has 0 saturated carbocycles. The molecule has 0 heterocycles. The van der Waals surface area contributed by atoms with Crippen molar-refractivity contribution in [1.29, 1.82) is 0 Å². The molecule has 37 heavy (non-hydrogen) atoms. The lowest BCUT2D eigenvalue weighted by atomic mass is 10.0. The Bertz CT molecular complexity index is 619. The summed E-state index contributed by atoms with van der Waals surface area (Å²) in [5.41, 5.74) is 11.5. The van der Waals surface area contributed by atoms with E-state index in [1.165, 1.54) is 37.9 Å². The fourth-order valence-electron chi connectivity index (χ4n) is 3.59. The predicted molar refractivity (Wildman–Crippen MR) is 157 cm³/mol. The summed E-state index contributed by atoms with van der Waals surface area (Å²) in [7, 11) is 0. The van der Waals surface area contributed by atoms with E-state index in [0.29, 0.717) is 18.6 Å². The minimum absolute atomic E-state index is 0.00310. The van der Waals surface area contributed by atoms with Gasteiger partial charge in [-0.2, -0.15) is 11.8 Å². The summed E-state index contributed by atoms with van der Waals surface area (Å²) in [5.74, 6) is 1.30. The van der Waals surface area contributed by atoms with Crippen LogP contribution in [0, 0.1) is 0 Å². The van der Waals surface area contributed by atoms with E-state index in [1.807, 2.05) is 20.8 Å². The molecule has 0 fully saturated rings. The quantitative estimate of drug-likeness (QED) is 0.149. The molecule has 9 heteroatoms. The number of carbonyl (C=O) groups is 4. The summed E-state index contributed by atoms with van der Waals surface area (Å²) >= 11 is 1.54. The maximum absolute atomic E-state index is 11.7. The number of rotatable bonds is 22. The van der Waals surface area contributed by atoms with Crippen molar-refractivity contribution in [2.75, 3.05) is 18.1 Å². The zero-order valence-corrected chi connectivity index (χ0v) is 25.1. The lowest BCUT2D eigenvalue weighted by Crippen LogP contribution is -2.40. The summed E-state index contributed by atoms with van der Waals surface area (Å²) in [6.45, 7) is 10.5.